The molecule has 29 heavy (non-hydrogen) atoms. The minimum absolute atomic E-state index is 0.0575. The number of nitro benzene ring substituents is 1. The van der Waals surface area contributed by atoms with Gasteiger partial charge in [0.2, 0.25) is 0 Å². The number of esters is 1. The van der Waals surface area contributed by atoms with Crippen LogP contribution in [0.1, 0.15) is 53.7 Å². The standard InChI is InChI=1S/C23H24N2O4/c1-14(2)13-29-23(26)16-8-11-21-20(12-16)18-4-3-5-19(18)22(24-21)15-6-9-17(10-7-15)25(27)28/h3-4,6-12,14,18-19,22,24H,5,13H2,1-2H3/t18-,19-,22+/m0/s1. The number of carbonyl (C=O) groups excluding carboxylic acids is 1. The number of nitrogens with one attached hydrogen (secondary N) is 1. The third kappa shape index (κ3) is 3.75. The van der Waals surface area contributed by atoms with Crippen LogP contribution in [0.4, 0.5) is 11.4 Å². The first-order valence-corrected chi connectivity index (χ1v) is 9.92. The largest absolute Gasteiger partial charge is 0.462 e. The van der Waals surface area contributed by atoms with Gasteiger partial charge >= 0.3 is 5.97 Å². The van der Waals surface area contributed by atoms with Crippen LogP contribution in [-0.2, 0) is 4.74 Å². The van der Waals surface area contributed by atoms with E-state index in [9.17, 15) is 14.9 Å². The van der Waals surface area contributed by atoms with Gasteiger partial charge in [0.05, 0.1) is 23.1 Å². The Morgan fingerprint density at radius 1 is 1.24 bits per heavy atom. The number of carbonyl (C=O) groups is 1. The lowest BCUT2D eigenvalue weighted by atomic mass is 9.76. The molecule has 0 amide bonds. The zero-order chi connectivity index (χ0) is 20.5. The van der Waals surface area contributed by atoms with Gasteiger partial charge in [-0.25, -0.2) is 4.79 Å². The maximum atomic E-state index is 12.4. The number of benzene rings is 2. The van der Waals surface area contributed by atoms with Crippen molar-refractivity contribution in [2.75, 3.05) is 11.9 Å². The zero-order valence-corrected chi connectivity index (χ0v) is 16.5. The molecular weight excluding hydrogens is 368 g/mol. The first-order valence-electron chi connectivity index (χ1n) is 9.92. The Kier molecular flexibility index (Phi) is 5.09. The molecule has 0 aromatic heterocycles. The van der Waals surface area contributed by atoms with Crippen molar-refractivity contribution in [3.05, 3.63) is 81.4 Å². The van der Waals surface area contributed by atoms with Crippen molar-refractivity contribution in [3.63, 3.8) is 0 Å². The van der Waals surface area contributed by atoms with Crippen molar-refractivity contribution < 1.29 is 14.5 Å². The summed E-state index contributed by atoms with van der Waals surface area (Å²) in [6, 6.07) is 12.5. The molecule has 0 fully saturated rings. The molecule has 2 aromatic carbocycles. The molecule has 1 N–H and O–H groups in total. The molecule has 0 saturated heterocycles. The van der Waals surface area contributed by atoms with E-state index in [2.05, 4.69) is 17.5 Å². The van der Waals surface area contributed by atoms with Crippen molar-refractivity contribution in [2.45, 2.75) is 32.2 Å². The van der Waals surface area contributed by atoms with Gasteiger partial charge < -0.3 is 10.1 Å². The van der Waals surface area contributed by atoms with Crippen molar-refractivity contribution in [2.24, 2.45) is 11.8 Å². The van der Waals surface area contributed by atoms with Crippen molar-refractivity contribution in [1.29, 1.82) is 0 Å². The molecule has 1 aliphatic carbocycles. The molecule has 2 aromatic rings. The summed E-state index contributed by atoms with van der Waals surface area (Å²) < 4.78 is 5.38. The van der Waals surface area contributed by atoms with Crippen LogP contribution in [0, 0.1) is 22.0 Å². The quantitative estimate of drug-likeness (QED) is 0.326. The fourth-order valence-corrected chi connectivity index (χ4v) is 4.18. The number of nitro groups is 1. The summed E-state index contributed by atoms with van der Waals surface area (Å²) in [5.74, 6) is 0.496. The summed E-state index contributed by atoms with van der Waals surface area (Å²) in [5.41, 5.74) is 3.78. The highest BCUT2D eigenvalue weighted by Gasteiger charge is 2.38. The van der Waals surface area contributed by atoms with Crippen molar-refractivity contribution >= 4 is 17.3 Å². The van der Waals surface area contributed by atoms with Gasteiger partial charge in [-0.1, -0.05) is 38.1 Å². The van der Waals surface area contributed by atoms with Gasteiger partial charge in [0, 0.05) is 23.7 Å². The third-order valence-electron chi connectivity index (χ3n) is 5.61. The Morgan fingerprint density at radius 3 is 2.69 bits per heavy atom. The number of anilines is 1. The SMILES string of the molecule is CC(C)COC(=O)c1ccc2c(c1)[C@H]1C=CC[C@@H]1[C@@H](c1ccc([N+](=O)[O-])cc1)N2. The first kappa shape index (κ1) is 19.2. The van der Waals surface area contributed by atoms with Crippen LogP contribution in [0.5, 0.6) is 0 Å². The number of rotatable bonds is 5. The first-order chi connectivity index (χ1) is 13.9. The van der Waals surface area contributed by atoms with Gasteiger partial charge in [-0.2, -0.15) is 0 Å². The van der Waals surface area contributed by atoms with Gasteiger partial charge in [0.25, 0.3) is 5.69 Å². The molecule has 4 rings (SSSR count). The molecule has 6 heteroatoms. The molecule has 150 valence electrons. The number of hydrogen-bond acceptors (Lipinski definition) is 5. The topological polar surface area (TPSA) is 81.5 Å². The minimum Gasteiger partial charge on any atom is -0.462 e. The molecule has 0 spiro atoms. The lowest BCUT2D eigenvalue weighted by molar-refractivity contribution is -0.384. The maximum Gasteiger partial charge on any atom is 0.338 e. The number of allylic oxidation sites excluding steroid dienone is 2. The van der Waals surface area contributed by atoms with Crippen LogP contribution in [0.25, 0.3) is 0 Å². The predicted molar refractivity (Wildman–Crippen MR) is 111 cm³/mol. The van der Waals surface area contributed by atoms with Gasteiger partial charge in [0.15, 0.2) is 0 Å². The van der Waals surface area contributed by atoms with Crippen molar-refractivity contribution in [3.8, 4) is 0 Å². The van der Waals surface area contributed by atoms with Gasteiger partial charge in [0.1, 0.15) is 0 Å². The Balaban J connectivity index is 1.62. The molecule has 0 saturated carbocycles. The third-order valence-corrected chi connectivity index (χ3v) is 5.61. The highest BCUT2D eigenvalue weighted by atomic mass is 16.6. The van der Waals surface area contributed by atoms with E-state index in [1.54, 1.807) is 18.2 Å². The van der Waals surface area contributed by atoms with Gasteiger partial charge in [-0.15, -0.1) is 0 Å². The zero-order valence-electron chi connectivity index (χ0n) is 16.5. The van der Waals surface area contributed by atoms with E-state index >= 15 is 0 Å². The fourth-order valence-electron chi connectivity index (χ4n) is 4.18. The summed E-state index contributed by atoms with van der Waals surface area (Å²) in [6.07, 6.45) is 5.29. The molecule has 6 nitrogen and oxygen atoms in total. The van der Waals surface area contributed by atoms with Crippen LogP contribution < -0.4 is 5.32 Å². The second-order valence-electron chi connectivity index (χ2n) is 8.12. The highest BCUT2D eigenvalue weighted by molar-refractivity contribution is 5.90. The van der Waals surface area contributed by atoms with E-state index in [0.29, 0.717) is 24.0 Å². The monoisotopic (exact) mass is 392 g/mol. The molecule has 2 aliphatic rings. The molecule has 3 atom stereocenters. The summed E-state index contributed by atoms with van der Waals surface area (Å²) in [5, 5.41) is 14.5. The fraction of sp³-hybridized carbons (Fsp3) is 0.348. The Morgan fingerprint density at radius 2 is 2.00 bits per heavy atom. The van der Waals surface area contributed by atoms with Crippen LogP contribution in [-0.4, -0.2) is 17.5 Å². The Hall–Kier alpha value is -3.15. The van der Waals surface area contributed by atoms with E-state index in [1.807, 2.05) is 38.1 Å². The number of non-ortho nitro benzene ring substituents is 1. The number of nitrogens with zero attached hydrogens (tertiary/aromatic N) is 1. The molecular formula is C23H24N2O4. The average molecular weight is 392 g/mol. The van der Waals surface area contributed by atoms with Crippen LogP contribution in [0.15, 0.2) is 54.6 Å². The number of fused-ring (bicyclic) bond motifs is 3. The summed E-state index contributed by atoms with van der Waals surface area (Å²) in [7, 11) is 0. The second kappa shape index (κ2) is 7.70. The lowest BCUT2D eigenvalue weighted by Crippen LogP contribution is -2.29. The van der Waals surface area contributed by atoms with Crippen LogP contribution in [0.2, 0.25) is 0 Å². The van der Waals surface area contributed by atoms with E-state index in [-0.39, 0.29) is 28.5 Å². The summed E-state index contributed by atoms with van der Waals surface area (Å²) in [6.45, 7) is 4.43. The van der Waals surface area contributed by atoms with E-state index < -0.39 is 0 Å². The average Bonchev–Trinajstić information content (AvgIpc) is 3.21. The van der Waals surface area contributed by atoms with Gasteiger partial charge in [-0.05, 0) is 47.6 Å². The maximum absolute atomic E-state index is 12.4. The molecule has 0 unspecified atom stereocenters. The molecule has 0 radical (unpaired) electrons. The number of ether oxygens (including phenoxy) is 1. The lowest BCUT2D eigenvalue weighted by Gasteiger charge is -2.37. The number of hydrogen-bond donors (Lipinski definition) is 1. The van der Waals surface area contributed by atoms with Crippen LogP contribution >= 0.6 is 0 Å². The smallest absolute Gasteiger partial charge is 0.338 e. The minimum atomic E-state index is -0.382. The predicted octanol–water partition coefficient (Wildman–Crippen LogP) is 5.23. The van der Waals surface area contributed by atoms with Gasteiger partial charge in [-0.3, -0.25) is 10.1 Å². The Labute approximate surface area is 169 Å². The summed E-state index contributed by atoms with van der Waals surface area (Å²) >= 11 is 0. The summed E-state index contributed by atoms with van der Waals surface area (Å²) in [4.78, 5) is 22.9. The normalized spacial score (nSPS) is 22.0. The van der Waals surface area contributed by atoms with E-state index in [4.69, 9.17) is 4.74 Å². The highest BCUT2D eigenvalue weighted by Crippen LogP contribution is 2.50. The Bertz CT molecular complexity index is 965. The van der Waals surface area contributed by atoms with Crippen LogP contribution in [0.3, 0.4) is 0 Å². The molecule has 1 aliphatic heterocycles. The second-order valence-corrected chi connectivity index (χ2v) is 8.12. The molecule has 0 bridgehead atoms. The van der Waals surface area contributed by atoms with E-state index in [0.717, 1.165) is 23.2 Å². The molecule has 1 heterocycles. The van der Waals surface area contributed by atoms with E-state index in [1.165, 1.54) is 0 Å². The van der Waals surface area contributed by atoms with Crippen molar-refractivity contribution in [1.82, 2.24) is 0 Å².